The third-order valence-electron chi connectivity index (χ3n) is 5.21. The molecule has 12 nitrogen and oxygen atoms in total. The fourth-order valence-corrected chi connectivity index (χ4v) is 3.60. The lowest BCUT2D eigenvalue weighted by Gasteiger charge is -2.28. The van der Waals surface area contributed by atoms with Crippen LogP contribution < -0.4 is 25.8 Å². The Morgan fingerprint density at radius 1 is 1.39 bits per heavy atom. The van der Waals surface area contributed by atoms with Gasteiger partial charge in [-0.3, -0.25) is 4.79 Å². The number of fused-ring (bicyclic) bond motifs is 1. The summed E-state index contributed by atoms with van der Waals surface area (Å²) >= 11 is 0. The molecule has 3 rings (SSSR count). The molecule has 0 radical (unpaired) electrons. The minimum atomic E-state index is -1.22. The Hall–Kier alpha value is -3.38. The molecule has 4 atom stereocenters. The molecule has 0 aromatic heterocycles. The first-order valence-corrected chi connectivity index (χ1v) is 10.6. The summed E-state index contributed by atoms with van der Waals surface area (Å²) in [7, 11) is 0. The smallest absolute Gasteiger partial charge is 0.408 e. The van der Waals surface area contributed by atoms with Gasteiger partial charge in [0.1, 0.15) is 23.4 Å². The van der Waals surface area contributed by atoms with E-state index in [1.165, 1.54) is 0 Å². The molecule has 1 saturated heterocycles. The van der Waals surface area contributed by atoms with Gasteiger partial charge in [0.25, 0.3) is 11.9 Å². The van der Waals surface area contributed by atoms with Gasteiger partial charge in [0.05, 0.1) is 12.2 Å². The number of carboxylic acids is 1. The molecule has 12 heteroatoms. The van der Waals surface area contributed by atoms with Crippen molar-refractivity contribution in [2.75, 3.05) is 11.9 Å². The summed E-state index contributed by atoms with van der Waals surface area (Å²) < 4.78 is 10.9. The van der Waals surface area contributed by atoms with Crippen molar-refractivity contribution >= 4 is 29.6 Å². The number of rotatable bonds is 7. The van der Waals surface area contributed by atoms with Crippen molar-refractivity contribution in [1.29, 1.82) is 5.41 Å². The van der Waals surface area contributed by atoms with Crippen LogP contribution in [0.2, 0.25) is 0 Å². The highest BCUT2D eigenvalue weighted by atomic mass is 16.6. The van der Waals surface area contributed by atoms with E-state index in [-0.39, 0.29) is 29.4 Å². The van der Waals surface area contributed by atoms with Crippen LogP contribution in [0.3, 0.4) is 0 Å². The van der Waals surface area contributed by atoms with Crippen LogP contribution in [0.25, 0.3) is 0 Å². The lowest BCUT2D eigenvalue weighted by atomic mass is 10.0. The number of hydrogen-bond acceptors (Lipinski definition) is 7. The van der Waals surface area contributed by atoms with E-state index in [0.29, 0.717) is 36.4 Å². The Morgan fingerprint density at radius 2 is 2.12 bits per heavy atom. The minimum absolute atomic E-state index is 0.0239. The number of carbonyl (C=O) groups is 3. The lowest BCUT2D eigenvalue weighted by Crippen LogP contribution is -3.12. The summed E-state index contributed by atoms with van der Waals surface area (Å²) in [5, 5.41) is 36.4. The monoisotopic (exact) mass is 463 g/mol. The van der Waals surface area contributed by atoms with Gasteiger partial charge in [-0.05, 0) is 44.9 Å². The third kappa shape index (κ3) is 6.33. The summed E-state index contributed by atoms with van der Waals surface area (Å²) in [4.78, 5) is 36.0. The highest BCUT2D eigenvalue weighted by Gasteiger charge is 2.33. The molecule has 180 valence electrons. The normalized spacial score (nSPS) is 23.0. The van der Waals surface area contributed by atoms with E-state index in [1.54, 1.807) is 39.0 Å². The molecule has 0 aliphatic carbocycles. The zero-order valence-corrected chi connectivity index (χ0v) is 18.7. The predicted molar refractivity (Wildman–Crippen MR) is 117 cm³/mol. The number of hydroxylamine groups is 2. The number of aliphatic carboxylic acids is 1. The molecule has 0 saturated carbocycles. The summed E-state index contributed by atoms with van der Waals surface area (Å²) in [6.07, 6.45) is -0.899. The van der Waals surface area contributed by atoms with Gasteiger partial charge in [0, 0.05) is 12.8 Å². The van der Waals surface area contributed by atoms with Crippen LogP contribution in [0, 0.1) is 10.6 Å². The predicted octanol–water partition coefficient (Wildman–Crippen LogP) is -0.0240. The number of guanidine groups is 1. The van der Waals surface area contributed by atoms with Crippen LogP contribution in [0.5, 0.6) is 5.75 Å². The van der Waals surface area contributed by atoms with Crippen molar-refractivity contribution < 1.29 is 34.0 Å². The Bertz CT molecular complexity index is 945. The van der Waals surface area contributed by atoms with Gasteiger partial charge >= 0.3 is 12.1 Å². The van der Waals surface area contributed by atoms with Crippen molar-refractivity contribution in [3.05, 3.63) is 29.0 Å². The summed E-state index contributed by atoms with van der Waals surface area (Å²) in [5.74, 6) is -1.26. The maximum Gasteiger partial charge on any atom is 0.408 e. The number of amides is 2. The maximum atomic E-state index is 12.5. The van der Waals surface area contributed by atoms with E-state index in [9.17, 15) is 24.7 Å². The average Bonchev–Trinajstić information content (AvgIpc) is 3.02. The van der Waals surface area contributed by atoms with Crippen molar-refractivity contribution in [2.45, 2.75) is 63.8 Å². The molecule has 0 spiro atoms. The lowest BCUT2D eigenvalue weighted by molar-refractivity contribution is -0.771. The van der Waals surface area contributed by atoms with Crippen molar-refractivity contribution in [2.24, 2.45) is 0 Å². The number of anilines is 1. The Kier molecular flexibility index (Phi) is 7.08. The first kappa shape index (κ1) is 24.3. The number of nitrogens with one attached hydrogen (secondary N) is 5. The maximum absolute atomic E-state index is 12.5. The van der Waals surface area contributed by atoms with Gasteiger partial charge in [-0.25, -0.2) is 15.0 Å². The van der Waals surface area contributed by atoms with Gasteiger partial charge in [0.15, 0.2) is 6.10 Å². The molecule has 1 aromatic rings. The Morgan fingerprint density at radius 3 is 2.73 bits per heavy atom. The van der Waals surface area contributed by atoms with Gasteiger partial charge in [-0.2, -0.15) is 0 Å². The van der Waals surface area contributed by atoms with Crippen LogP contribution in [0.15, 0.2) is 18.2 Å². The second-order valence-electron chi connectivity index (χ2n) is 9.06. The van der Waals surface area contributed by atoms with E-state index in [1.807, 2.05) is 0 Å². The molecule has 2 aliphatic heterocycles. The number of ether oxygens (including phenoxy) is 2. The second-order valence-corrected chi connectivity index (χ2v) is 9.06. The summed E-state index contributed by atoms with van der Waals surface area (Å²) in [5.41, 5.74) is 0.205. The van der Waals surface area contributed by atoms with Crippen molar-refractivity contribution in [3.8, 4) is 5.75 Å². The second kappa shape index (κ2) is 9.63. The van der Waals surface area contributed by atoms with E-state index in [2.05, 4.69) is 16.0 Å². The van der Waals surface area contributed by atoms with Gasteiger partial charge < -0.3 is 40.8 Å². The molecular formula is C21H29N5O7. The van der Waals surface area contributed by atoms with Crippen molar-refractivity contribution in [3.63, 3.8) is 0 Å². The molecule has 3 unspecified atom stereocenters. The summed E-state index contributed by atoms with van der Waals surface area (Å²) in [6.45, 7) is 5.41. The van der Waals surface area contributed by atoms with Crippen LogP contribution in [0.4, 0.5) is 10.5 Å². The standard InChI is InChI=1S/C21H29N5O7/c1-21(2,3)33-20(30)25-14(18(28)29)9-11-4-6-15-13(8-11)24-17(27)16(32-15)7-5-12-10-23-19(22)26(12)31/h4,6,8,12,14,16,26H,5,7,9-10H2,1-3H3,(H2,22,23)(H,24,27)(H,25,30)(H,28,29)/t12?,14-,16?/m0/s1. The molecule has 1 fully saturated rings. The molecule has 2 aliphatic rings. The quantitative estimate of drug-likeness (QED) is 0.305. The number of carbonyl (C=O) groups excluding carboxylic acids is 2. The van der Waals surface area contributed by atoms with E-state index in [4.69, 9.17) is 14.9 Å². The van der Waals surface area contributed by atoms with Crippen LogP contribution >= 0.6 is 0 Å². The van der Waals surface area contributed by atoms with E-state index < -0.39 is 29.8 Å². The number of benzene rings is 1. The third-order valence-corrected chi connectivity index (χ3v) is 5.21. The average molecular weight is 463 g/mol. The first-order chi connectivity index (χ1) is 15.4. The number of alkyl carbamates (subject to hydrolysis) is 1. The largest absolute Gasteiger partial charge is 0.626 e. The molecule has 0 bridgehead atoms. The summed E-state index contributed by atoms with van der Waals surface area (Å²) in [6, 6.07) is 3.32. The zero-order chi connectivity index (χ0) is 24.3. The zero-order valence-electron chi connectivity index (χ0n) is 18.7. The molecular weight excluding hydrogens is 434 g/mol. The number of hydrogen-bond donors (Lipinski definition) is 6. The van der Waals surface area contributed by atoms with E-state index >= 15 is 0 Å². The first-order valence-electron chi connectivity index (χ1n) is 10.6. The van der Waals surface area contributed by atoms with Gasteiger partial charge in [-0.1, -0.05) is 6.07 Å². The van der Waals surface area contributed by atoms with Gasteiger partial charge in [0.2, 0.25) is 0 Å². The van der Waals surface area contributed by atoms with Crippen molar-refractivity contribution in [1.82, 2.24) is 10.6 Å². The van der Waals surface area contributed by atoms with Gasteiger partial charge in [-0.15, -0.1) is 0 Å². The SMILES string of the molecule is CC(C)(C)OC(=O)N[C@@H](Cc1ccc2c(c1)NC(=O)C(CCC1CNC(=N)[NH+]1[O-])O2)C(=O)O. The minimum Gasteiger partial charge on any atom is -0.626 e. The molecule has 6 N–H and O–H groups in total. The molecule has 1 aromatic carbocycles. The fraction of sp³-hybridized carbons (Fsp3) is 0.524. The number of quaternary nitrogens is 1. The molecule has 2 heterocycles. The highest BCUT2D eigenvalue weighted by Crippen LogP contribution is 2.32. The topological polar surface area (TPSA) is 177 Å². The molecule has 2 amide bonds. The highest BCUT2D eigenvalue weighted by molar-refractivity contribution is 5.97. The fourth-order valence-electron chi connectivity index (χ4n) is 3.60. The Balaban J connectivity index is 1.61. The van der Waals surface area contributed by atoms with Crippen LogP contribution in [0.1, 0.15) is 39.2 Å². The Labute approximate surface area is 190 Å². The van der Waals surface area contributed by atoms with Crippen LogP contribution in [-0.2, 0) is 20.7 Å². The number of carboxylic acid groups (broad SMARTS) is 1. The van der Waals surface area contributed by atoms with E-state index in [0.717, 1.165) is 0 Å². The molecule has 33 heavy (non-hydrogen) atoms. The van der Waals surface area contributed by atoms with Crippen LogP contribution in [-0.4, -0.2) is 59.4 Å².